The number of amides is 1. The Morgan fingerprint density at radius 3 is 3.00 bits per heavy atom. The van der Waals surface area contributed by atoms with Gasteiger partial charge in [-0.3, -0.25) is 9.89 Å². The smallest absolute Gasteiger partial charge is 0.272 e. The Hall–Kier alpha value is -1.40. The van der Waals surface area contributed by atoms with Gasteiger partial charge in [-0.1, -0.05) is 0 Å². The van der Waals surface area contributed by atoms with Gasteiger partial charge in [0.1, 0.15) is 0 Å². The molecule has 19 heavy (non-hydrogen) atoms. The molecule has 1 aliphatic heterocycles. The van der Waals surface area contributed by atoms with Crippen molar-refractivity contribution in [1.82, 2.24) is 15.5 Å². The van der Waals surface area contributed by atoms with E-state index in [9.17, 15) is 9.90 Å². The predicted octanol–water partition coefficient (Wildman–Crippen LogP) is 0.687. The minimum Gasteiger partial charge on any atom is -0.388 e. The van der Waals surface area contributed by atoms with E-state index in [4.69, 9.17) is 4.74 Å². The molecule has 1 aromatic rings. The maximum atomic E-state index is 12.1. The number of rotatable bonds is 3. The molecule has 0 aromatic carbocycles. The van der Waals surface area contributed by atoms with Crippen molar-refractivity contribution in [2.24, 2.45) is 0 Å². The van der Waals surface area contributed by atoms with Gasteiger partial charge in [-0.2, -0.15) is 5.10 Å². The quantitative estimate of drug-likeness (QED) is 0.750. The molecule has 3 N–H and O–H groups in total. The van der Waals surface area contributed by atoms with Crippen LogP contribution in [0.2, 0.25) is 0 Å². The maximum Gasteiger partial charge on any atom is 0.272 e. The minimum atomic E-state index is -0.685. The summed E-state index contributed by atoms with van der Waals surface area (Å²) < 4.78 is 5.69. The van der Waals surface area contributed by atoms with Gasteiger partial charge >= 0.3 is 0 Å². The topological polar surface area (TPSA) is 87.2 Å². The molecule has 1 aliphatic carbocycles. The predicted molar refractivity (Wildman–Crippen MR) is 67.8 cm³/mol. The van der Waals surface area contributed by atoms with Gasteiger partial charge in [-0.05, 0) is 26.7 Å². The zero-order chi connectivity index (χ0) is 13.6. The van der Waals surface area contributed by atoms with Crippen LogP contribution in [-0.4, -0.2) is 39.5 Å². The normalized spacial score (nSPS) is 27.7. The van der Waals surface area contributed by atoms with Crippen LogP contribution in [0.3, 0.4) is 0 Å². The third kappa shape index (κ3) is 2.37. The Morgan fingerprint density at radius 1 is 1.58 bits per heavy atom. The number of carbonyl (C=O) groups is 1. The van der Waals surface area contributed by atoms with Crippen molar-refractivity contribution in [3.8, 4) is 0 Å². The first-order valence-electron chi connectivity index (χ1n) is 6.72. The molecule has 2 atom stereocenters. The van der Waals surface area contributed by atoms with Crippen molar-refractivity contribution < 1.29 is 14.6 Å². The maximum absolute atomic E-state index is 12.1. The van der Waals surface area contributed by atoms with Crippen molar-refractivity contribution in [2.45, 2.75) is 50.9 Å². The van der Waals surface area contributed by atoms with Gasteiger partial charge in [0, 0.05) is 18.5 Å². The standard InChI is InChI=1S/C13H19N3O3/c1-7-5-9-10(8(2)19-7)15-16-11(9)12(17)14-6-13(18)3-4-13/h7-8,18H,3-6H2,1-2H3,(H,14,17)(H,15,16)/t7-,8+/m1/s1. The summed E-state index contributed by atoms with van der Waals surface area (Å²) >= 11 is 0. The van der Waals surface area contributed by atoms with Crippen LogP contribution in [0.15, 0.2) is 0 Å². The Kier molecular flexibility index (Phi) is 2.87. The number of nitrogens with zero attached hydrogens (tertiary/aromatic N) is 1. The van der Waals surface area contributed by atoms with Crippen LogP contribution in [0, 0.1) is 0 Å². The van der Waals surface area contributed by atoms with Gasteiger partial charge in [0.25, 0.3) is 5.91 Å². The van der Waals surface area contributed by atoms with Crippen molar-refractivity contribution in [2.75, 3.05) is 6.54 Å². The van der Waals surface area contributed by atoms with E-state index in [0.29, 0.717) is 18.7 Å². The van der Waals surface area contributed by atoms with E-state index < -0.39 is 5.60 Å². The molecule has 1 aromatic heterocycles. The number of hydrogen-bond acceptors (Lipinski definition) is 4. The van der Waals surface area contributed by atoms with E-state index in [2.05, 4.69) is 15.5 Å². The second-order valence-electron chi connectivity index (χ2n) is 5.66. The van der Waals surface area contributed by atoms with E-state index in [1.54, 1.807) is 0 Å². The van der Waals surface area contributed by atoms with Gasteiger partial charge in [0.15, 0.2) is 5.69 Å². The first-order chi connectivity index (χ1) is 8.98. The third-order valence-corrected chi connectivity index (χ3v) is 3.85. The van der Waals surface area contributed by atoms with Gasteiger partial charge < -0.3 is 15.2 Å². The lowest BCUT2D eigenvalue weighted by atomic mass is 9.99. The average Bonchev–Trinajstić information content (AvgIpc) is 2.93. The Labute approximate surface area is 111 Å². The van der Waals surface area contributed by atoms with Crippen molar-refractivity contribution >= 4 is 5.91 Å². The number of aromatic amines is 1. The molecule has 0 unspecified atom stereocenters. The lowest BCUT2D eigenvalue weighted by molar-refractivity contribution is -0.00698. The third-order valence-electron chi connectivity index (χ3n) is 3.85. The molecule has 3 rings (SSSR count). The molecule has 1 amide bonds. The van der Waals surface area contributed by atoms with Gasteiger partial charge in [-0.25, -0.2) is 0 Å². The first kappa shape index (κ1) is 12.6. The molecule has 0 saturated heterocycles. The second-order valence-corrected chi connectivity index (χ2v) is 5.66. The van der Waals surface area contributed by atoms with Crippen LogP contribution >= 0.6 is 0 Å². The Balaban J connectivity index is 1.76. The molecule has 6 heteroatoms. The first-order valence-corrected chi connectivity index (χ1v) is 6.72. The zero-order valence-electron chi connectivity index (χ0n) is 11.2. The zero-order valence-corrected chi connectivity index (χ0v) is 11.2. The lowest BCUT2D eigenvalue weighted by Crippen LogP contribution is -2.34. The number of aliphatic hydroxyl groups is 1. The molecule has 6 nitrogen and oxygen atoms in total. The minimum absolute atomic E-state index is 0.0691. The van der Waals surface area contributed by atoms with Crippen LogP contribution in [0.4, 0.5) is 0 Å². The number of nitrogens with one attached hydrogen (secondary N) is 2. The fourth-order valence-corrected chi connectivity index (χ4v) is 2.51. The van der Waals surface area contributed by atoms with E-state index in [-0.39, 0.29) is 18.1 Å². The largest absolute Gasteiger partial charge is 0.388 e. The molecular weight excluding hydrogens is 246 g/mol. The summed E-state index contributed by atoms with van der Waals surface area (Å²) in [4.78, 5) is 12.1. The highest BCUT2D eigenvalue weighted by atomic mass is 16.5. The summed E-state index contributed by atoms with van der Waals surface area (Å²) in [5.74, 6) is -0.223. The fraction of sp³-hybridized carbons (Fsp3) is 0.692. The summed E-state index contributed by atoms with van der Waals surface area (Å²) in [6.45, 7) is 4.23. The van der Waals surface area contributed by atoms with Crippen LogP contribution in [0.5, 0.6) is 0 Å². The number of H-pyrrole nitrogens is 1. The lowest BCUT2D eigenvalue weighted by Gasteiger charge is -2.25. The molecule has 1 saturated carbocycles. The monoisotopic (exact) mass is 265 g/mol. The van der Waals surface area contributed by atoms with Gasteiger partial charge in [0.05, 0.1) is 23.5 Å². The number of fused-ring (bicyclic) bond motifs is 1. The highest BCUT2D eigenvalue weighted by molar-refractivity contribution is 5.94. The molecular formula is C13H19N3O3. The molecule has 0 radical (unpaired) electrons. The molecule has 104 valence electrons. The number of aromatic nitrogens is 2. The molecule has 0 spiro atoms. The second kappa shape index (κ2) is 4.31. The molecule has 2 aliphatic rings. The van der Waals surface area contributed by atoms with Crippen molar-refractivity contribution in [3.63, 3.8) is 0 Å². The van der Waals surface area contributed by atoms with Gasteiger partial charge in [-0.15, -0.1) is 0 Å². The average molecular weight is 265 g/mol. The highest BCUT2D eigenvalue weighted by Crippen LogP contribution is 2.34. The van der Waals surface area contributed by atoms with Crippen LogP contribution in [0.25, 0.3) is 0 Å². The van der Waals surface area contributed by atoms with Crippen LogP contribution < -0.4 is 5.32 Å². The van der Waals surface area contributed by atoms with Gasteiger partial charge in [0.2, 0.25) is 0 Å². The number of ether oxygens (including phenoxy) is 1. The van der Waals surface area contributed by atoms with Crippen LogP contribution in [-0.2, 0) is 11.2 Å². The number of hydrogen-bond donors (Lipinski definition) is 3. The Bertz CT molecular complexity index is 507. The fourth-order valence-electron chi connectivity index (χ4n) is 2.51. The SMILES string of the molecule is C[C@@H]1Cc2c(C(=O)NCC3(O)CC3)n[nH]c2[C@H](C)O1. The van der Waals surface area contributed by atoms with E-state index in [0.717, 1.165) is 24.1 Å². The van der Waals surface area contributed by atoms with Crippen LogP contribution in [0.1, 0.15) is 54.5 Å². The summed E-state index contributed by atoms with van der Waals surface area (Å²) in [5, 5.41) is 19.5. The Morgan fingerprint density at radius 2 is 2.32 bits per heavy atom. The molecule has 2 heterocycles. The summed E-state index contributed by atoms with van der Waals surface area (Å²) in [6.07, 6.45) is 2.21. The summed E-state index contributed by atoms with van der Waals surface area (Å²) in [6, 6.07) is 0. The van der Waals surface area contributed by atoms with Crippen molar-refractivity contribution in [3.05, 3.63) is 17.0 Å². The highest BCUT2D eigenvalue weighted by Gasteiger charge is 2.40. The number of carbonyl (C=O) groups excluding carboxylic acids is 1. The molecule has 0 bridgehead atoms. The van der Waals surface area contributed by atoms with E-state index in [1.165, 1.54) is 0 Å². The van der Waals surface area contributed by atoms with Crippen molar-refractivity contribution in [1.29, 1.82) is 0 Å². The summed E-state index contributed by atoms with van der Waals surface area (Å²) in [5.41, 5.74) is 1.57. The van der Waals surface area contributed by atoms with E-state index >= 15 is 0 Å². The summed E-state index contributed by atoms with van der Waals surface area (Å²) in [7, 11) is 0. The molecule has 1 fully saturated rings. The van der Waals surface area contributed by atoms with E-state index in [1.807, 2.05) is 13.8 Å².